The molecule has 1 aliphatic rings. The van der Waals surface area contributed by atoms with Crippen molar-refractivity contribution in [3.8, 4) is 0 Å². The first-order valence-electron chi connectivity index (χ1n) is 6.31. The Labute approximate surface area is 128 Å². The maximum atomic E-state index is 12.2. The normalized spacial score (nSPS) is 23.3. The van der Waals surface area contributed by atoms with Gasteiger partial charge in [0.25, 0.3) is 9.05 Å². The second kappa shape index (κ2) is 5.85. The first-order valence-corrected chi connectivity index (χ1v) is 10.1. The molecule has 1 aliphatic heterocycles. The molecule has 0 amide bonds. The summed E-state index contributed by atoms with van der Waals surface area (Å²) in [7, 11) is -2.57. The zero-order chi connectivity index (χ0) is 15.7. The Bertz CT molecular complexity index is 724. The van der Waals surface area contributed by atoms with Gasteiger partial charge < -0.3 is 4.74 Å². The number of benzene rings is 1. The number of halogens is 1. The Kier molecular flexibility index (Phi) is 4.65. The lowest BCUT2D eigenvalue weighted by atomic mass is 10.0. The van der Waals surface area contributed by atoms with E-state index in [2.05, 4.69) is 4.72 Å². The van der Waals surface area contributed by atoms with Crippen LogP contribution in [0.4, 0.5) is 0 Å². The van der Waals surface area contributed by atoms with Crippen LogP contribution in [0, 0.1) is 0 Å². The summed E-state index contributed by atoms with van der Waals surface area (Å²) in [6.45, 7) is 2.58. The van der Waals surface area contributed by atoms with Crippen molar-refractivity contribution in [2.75, 3.05) is 13.2 Å². The van der Waals surface area contributed by atoms with Crippen molar-refractivity contribution >= 4 is 29.8 Å². The molecule has 1 N–H and O–H groups in total. The molecule has 2 rings (SSSR count). The van der Waals surface area contributed by atoms with Crippen molar-refractivity contribution in [1.82, 2.24) is 4.72 Å². The van der Waals surface area contributed by atoms with E-state index in [1.807, 2.05) is 6.92 Å². The van der Waals surface area contributed by atoms with Crippen LogP contribution in [0.1, 0.15) is 19.8 Å². The van der Waals surface area contributed by atoms with Gasteiger partial charge in [-0.2, -0.15) is 0 Å². The molecule has 1 aromatic rings. The Morgan fingerprint density at radius 1 is 1.29 bits per heavy atom. The molecule has 1 saturated heterocycles. The van der Waals surface area contributed by atoms with Gasteiger partial charge >= 0.3 is 0 Å². The minimum atomic E-state index is -3.97. The highest BCUT2D eigenvalue weighted by Gasteiger charge is 2.31. The molecule has 1 aromatic carbocycles. The average Bonchev–Trinajstić information content (AvgIpc) is 2.84. The van der Waals surface area contributed by atoms with Crippen molar-refractivity contribution in [3.05, 3.63) is 24.3 Å². The van der Waals surface area contributed by atoms with Crippen molar-refractivity contribution in [3.63, 3.8) is 0 Å². The summed E-state index contributed by atoms with van der Waals surface area (Å²) in [6, 6.07) is 4.91. The van der Waals surface area contributed by atoms with Crippen molar-refractivity contribution in [1.29, 1.82) is 0 Å². The predicted molar refractivity (Wildman–Crippen MR) is 78.3 cm³/mol. The van der Waals surface area contributed by atoms with Gasteiger partial charge in [-0.05, 0) is 38.0 Å². The van der Waals surface area contributed by atoms with E-state index in [-0.39, 0.29) is 16.3 Å². The lowest BCUT2D eigenvalue weighted by Crippen LogP contribution is -2.40. The van der Waals surface area contributed by atoms with Crippen LogP contribution in [-0.4, -0.2) is 35.6 Å². The summed E-state index contributed by atoms with van der Waals surface area (Å²) in [5.74, 6) is 0. The first kappa shape index (κ1) is 16.7. The molecular weight excluding hydrogens is 338 g/mol. The van der Waals surface area contributed by atoms with Crippen LogP contribution in [0.3, 0.4) is 0 Å². The quantitative estimate of drug-likeness (QED) is 0.809. The molecule has 1 fully saturated rings. The molecular formula is C12H16ClNO5S2. The molecule has 1 unspecified atom stereocenters. The number of sulfonamides is 1. The van der Waals surface area contributed by atoms with E-state index in [1.54, 1.807) is 0 Å². The number of hydrogen-bond acceptors (Lipinski definition) is 5. The molecule has 0 aromatic heterocycles. The fourth-order valence-corrected chi connectivity index (χ4v) is 4.17. The molecule has 0 saturated carbocycles. The average molecular weight is 354 g/mol. The SMILES string of the molecule is CC1(CNS(=O)(=O)c2cccc(S(=O)(=O)Cl)c2)CCCO1. The predicted octanol–water partition coefficient (Wildman–Crippen LogP) is 1.46. The van der Waals surface area contributed by atoms with Crippen LogP contribution < -0.4 is 4.72 Å². The van der Waals surface area contributed by atoms with E-state index >= 15 is 0 Å². The third-order valence-electron chi connectivity index (χ3n) is 3.33. The van der Waals surface area contributed by atoms with Crippen LogP contribution in [0.5, 0.6) is 0 Å². The highest BCUT2D eigenvalue weighted by molar-refractivity contribution is 8.13. The van der Waals surface area contributed by atoms with Crippen molar-refractivity contribution < 1.29 is 21.6 Å². The molecule has 0 spiro atoms. The second-order valence-corrected chi connectivity index (χ2v) is 9.47. The van der Waals surface area contributed by atoms with E-state index in [0.717, 1.165) is 18.9 Å². The summed E-state index contributed by atoms with van der Waals surface area (Å²) in [5.41, 5.74) is -0.525. The first-order chi connectivity index (χ1) is 9.62. The van der Waals surface area contributed by atoms with Crippen molar-refractivity contribution in [2.24, 2.45) is 0 Å². The molecule has 21 heavy (non-hydrogen) atoms. The molecule has 0 bridgehead atoms. The molecule has 0 aliphatic carbocycles. The van der Waals surface area contributed by atoms with Crippen LogP contribution in [0.25, 0.3) is 0 Å². The summed E-state index contributed by atoms with van der Waals surface area (Å²) in [5, 5.41) is 0. The highest BCUT2D eigenvalue weighted by Crippen LogP contribution is 2.25. The second-order valence-electron chi connectivity index (χ2n) is 5.14. The van der Waals surface area contributed by atoms with Gasteiger partial charge in [0.2, 0.25) is 10.0 Å². The fourth-order valence-electron chi connectivity index (χ4n) is 2.10. The lowest BCUT2D eigenvalue weighted by molar-refractivity contribution is 0.0250. The molecule has 9 heteroatoms. The van der Waals surface area contributed by atoms with Gasteiger partial charge in [0, 0.05) is 23.8 Å². The highest BCUT2D eigenvalue weighted by atomic mass is 35.7. The van der Waals surface area contributed by atoms with Gasteiger partial charge in [-0.3, -0.25) is 0 Å². The topological polar surface area (TPSA) is 89.5 Å². The standard InChI is InChI=1S/C12H16ClNO5S2/c1-12(6-3-7-19-12)9-14-21(17,18)11-5-2-4-10(8-11)20(13,15)16/h2,4-5,8,14H,3,6-7,9H2,1H3. The lowest BCUT2D eigenvalue weighted by Gasteiger charge is -2.23. The summed E-state index contributed by atoms with van der Waals surface area (Å²) in [4.78, 5) is -0.402. The zero-order valence-electron chi connectivity index (χ0n) is 11.4. The summed E-state index contributed by atoms with van der Waals surface area (Å²) < 4.78 is 54.9. The van der Waals surface area contributed by atoms with E-state index in [0.29, 0.717) is 6.61 Å². The van der Waals surface area contributed by atoms with Gasteiger partial charge in [0.05, 0.1) is 15.4 Å². The van der Waals surface area contributed by atoms with Crippen LogP contribution in [0.2, 0.25) is 0 Å². The van der Waals surface area contributed by atoms with Gasteiger partial charge in [-0.25, -0.2) is 21.6 Å². The molecule has 6 nitrogen and oxygen atoms in total. The van der Waals surface area contributed by atoms with E-state index < -0.39 is 24.7 Å². The maximum Gasteiger partial charge on any atom is 0.261 e. The smallest absolute Gasteiger partial charge is 0.261 e. The van der Waals surface area contributed by atoms with Crippen molar-refractivity contribution in [2.45, 2.75) is 35.2 Å². The van der Waals surface area contributed by atoms with Gasteiger partial charge in [-0.1, -0.05) is 6.07 Å². The number of nitrogens with one attached hydrogen (secondary N) is 1. The van der Waals surface area contributed by atoms with Gasteiger partial charge in [0.1, 0.15) is 0 Å². The van der Waals surface area contributed by atoms with Gasteiger partial charge in [0.15, 0.2) is 0 Å². The van der Waals surface area contributed by atoms with E-state index in [1.165, 1.54) is 18.2 Å². The van der Waals surface area contributed by atoms with Gasteiger partial charge in [-0.15, -0.1) is 0 Å². The Morgan fingerprint density at radius 3 is 2.52 bits per heavy atom. The number of ether oxygens (including phenoxy) is 1. The minimum absolute atomic E-state index is 0.132. The largest absolute Gasteiger partial charge is 0.374 e. The Hall–Kier alpha value is -0.670. The molecule has 118 valence electrons. The fraction of sp³-hybridized carbons (Fsp3) is 0.500. The maximum absolute atomic E-state index is 12.2. The molecule has 1 heterocycles. The third-order valence-corrected chi connectivity index (χ3v) is 6.08. The monoisotopic (exact) mass is 353 g/mol. The molecule has 1 atom stereocenters. The Morgan fingerprint density at radius 2 is 1.95 bits per heavy atom. The van der Waals surface area contributed by atoms with Crippen LogP contribution in [0.15, 0.2) is 34.1 Å². The number of rotatable bonds is 5. The number of hydrogen-bond donors (Lipinski definition) is 1. The molecule has 0 radical (unpaired) electrons. The minimum Gasteiger partial charge on any atom is -0.374 e. The van der Waals surface area contributed by atoms with Crippen LogP contribution >= 0.6 is 10.7 Å². The summed E-state index contributed by atoms with van der Waals surface area (Å²) in [6.07, 6.45) is 1.66. The third kappa shape index (κ3) is 4.17. The van der Waals surface area contributed by atoms with E-state index in [9.17, 15) is 16.8 Å². The summed E-state index contributed by atoms with van der Waals surface area (Å²) >= 11 is 0. The zero-order valence-corrected chi connectivity index (χ0v) is 13.8. The van der Waals surface area contributed by atoms with Crippen LogP contribution in [-0.2, 0) is 23.8 Å². The Balaban J connectivity index is 2.20. The van der Waals surface area contributed by atoms with E-state index in [4.69, 9.17) is 15.4 Å².